The van der Waals surface area contributed by atoms with Gasteiger partial charge in [-0.1, -0.05) is 34.6 Å². The van der Waals surface area contributed by atoms with E-state index < -0.39 is 0 Å². The molecule has 0 bridgehead atoms. The first-order valence-electron chi connectivity index (χ1n) is 5.01. The van der Waals surface area contributed by atoms with Crippen LogP contribution in [-0.2, 0) is 0 Å². The van der Waals surface area contributed by atoms with Gasteiger partial charge >= 0.3 is 0 Å². The van der Waals surface area contributed by atoms with Crippen LogP contribution in [0.3, 0.4) is 0 Å². The molecule has 0 aliphatic rings. The molecule has 0 aliphatic heterocycles. The summed E-state index contributed by atoms with van der Waals surface area (Å²) in [6, 6.07) is 0. The molecular weight excluding hydrogens is 168 g/mol. The molecular formula is C11H23Cl. The quantitative estimate of drug-likeness (QED) is 0.574. The van der Waals surface area contributed by atoms with Crippen molar-refractivity contribution in [1.82, 2.24) is 0 Å². The normalized spacial score (nSPS) is 17.5. The second-order valence-electron chi connectivity index (χ2n) is 5.00. The molecule has 74 valence electrons. The Morgan fingerprint density at radius 2 is 1.75 bits per heavy atom. The second-order valence-corrected chi connectivity index (χ2v) is 5.56. The Balaban J connectivity index is 3.64. The predicted octanol–water partition coefficient (Wildman–Crippen LogP) is 4.47. The third-order valence-electron chi connectivity index (χ3n) is 2.36. The van der Waals surface area contributed by atoms with E-state index in [9.17, 15) is 0 Å². The summed E-state index contributed by atoms with van der Waals surface area (Å²) < 4.78 is 0. The van der Waals surface area contributed by atoms with Crippen molar-refractivity contribution in [3.05, 3.63) is 0 Å². The van der Waals surface area contributed by atoms with E-state index in [2.05, 4.69) is 34.6 Å². The maximum atomic E-state index is 6.14. The third-order valence-corrected chi connectivity index (χ3v) is 3.10. The summed E-state index contributed by atoms with van der Waals surface area (Å²) in [5.41, 5.74) is 0.457. The van der Waals surface area contributed by atoms with Crippen LogP contribution in [0, 0.1) is 11.3 Å². The topological polar surface area (TPSA) is 0 Å². The molecule has 12 heavy (non-hydrogen) atoms. The Hall–Kier alpha value is 0.290. The molecule has 0 aromatic heterocycles. The number of halogens is 1. The molecule has 0 aromatic rings. The first-order chi connectivity index (χ1) is 5.37. The summed E-state index contributed by atoms with van der Waals surface area (Å²) in [5, 5.41) is 0.368. The van der Waals surface area contributed by atoms with E-state index >= 15 is 0 Å². The predicted molar refractivity (Wildman–Crippen MR) is 57.8 cm³/mol. The summed E-state index contributed by atoms with van der Waals surface area (Å²) in [7, 11) is 0. The van der Waals surface area contributed by atoms with E-state index in [0.717, 1.165) is 6.42 Å². The number of hydrogen-bond acceptors (Lipinski definition) is 0. The fourth-order valence-corrected chi connectivity index (χ4v) is 1.37. The van der Waals surface area contributed by atoms with Crippen molar-refractivity contribution < 1.29 is 0 Å². The number of alkyl halides is 1. The molecule has 0 rings (SSSR count). The van der Waals surface area contributed by atoms with Gasteiger partial charge in [-0.05, 0) is 30.6 Å². The molecule has 0 aliphatic carbocycles. The Labute approximate surface area is 82.7 Å². The zero-order valence-electron chi connectivity index (χ0n) is 9.15. The number of rotatable bonds is 4. The molecule has 2 atom stereocenters. The van der Waals surface area contributed by atoms with Gasteiger partial charge in [0.15, 0.2) is 0 Å². The zero-order valence-corrected chi connectivity index (χ0v) is 9.91. The molecule has 0 fully saturated rings. The van der Waals surface area contributed by atoms with Crippen LogP contribution >= 0.6 is 11.6 Å². The third kappa shape index (κ3) is 5.88. The first kappa shape index (κ1) is 12.3. The summed E-state index contributed by atoms with van der Waals surface area (Å²) in [5.74, 6) is 0.663. The number of hydrogen-bond donors (Lipinski definition) is 0. The van der Waals surface area contributed by atoms with Gasteiger partial charge in [0.05, 0.1) is 0 Å². The Morgan fingerprint density at radius 3 is 2.08 bits per heavy atom. The highest BCUT2D eigenvalue weighted by molar-refractivity contribution is 6.20. The van der Waals surface area contributed by atoms with Gasteiger partial charge in [0, 0.05) is 5.38 Å². The van der Waals surface area contributed by atoms with Crippen LogP contribution < -0.4 is 0 Å². The minimum Gasteiger partial charge on any atom is -0.123 e. The summed E-state index contributed by atoms with van der Waals surface area (Å²) in [6.07, 6.45) is 3.62. The van der Waals surface area contributed by atoms with Gasteiger partial charge in [-0.25, -0.2) is 0 Å². The van der Waals surface area contributed by atoms with Crippen molar-refractivity contribution >= 4 is 11.6 Å². The Morgan fingerprint density at radius 1 is 1.25 bits per heavy atom. The highest BCUT2D eigenvalue weighted by Gasteiger charge is 2.16. The van der Waals surface area contributed by atoms with E-state index in [1.54, 1.807) is 0 Å². The van der Waals surface area contributed by atoms with Crippen molar-refractivity contribution in [3.63, 3.8) is 0 Å². The summed E-state index contributed by atoms with van der Waals surface area (Å²) in [6.45, 7) is 11.3. The lowest BCUT2D eigenvalue weighted by atomic mass is 9.86. The molecule has 0 amide bonds. The van der Waals surface area contributed by atoms with Gasteiger partial charge in [0.2, 0.25) is 0 Å². The molecule has 0 saturated carbocycles. The molecule has 2 unspecified atom stereocenters. The highest BCUT2D eigenvalue weighted by atomic mass is 35.5. The van der Waals surface area contributed by atoms with Gasteiger partial charge in [-0.2, -0.15) is 0 Å². The molecule has 0 N–H and O–H groups in total. The fraction of sp³-hybridized carbons (Fsp3) is 1.00. The van der Waals surface area contributed by atoms with Gasteiger partial charge in [0.1, 0.15) is 0 Å². The van der Waals surface area contributed by atoms with E-state index in [-0.39, 0.29) is 0 Å². The standard InChI is InChI=1S/C11H23Cl/c1-6-10(12)9(2)7-8-11(3,4)5/h9-10H,6-8H2,1-5H3. The van der Waals surface area contributed by atoms with Crippen molar-refractivity contribution in [2.75, 3.05) is 0 Å². The fourth-order valence-electron chi connectivity index (χ4n) is 1.24. The minimum atomic E-state index is 0.368. The largest absolute Gasteiger partial charge is 0.123 e. The molecule has 1 heteroatoms. The van der Waals surface area contributed by atoms with Gasteiger partial charge in [-0.3, -0.25) is 0 Å². The minimum absolute atomic E-state index is 0.368. The van der Waals surface area contributed by atoms with Crippen molar-refractivity contribution in [1.29, 1.82) is 0 Å². The van der Waals surface area contributed by atoms with Crippen molar-refractivity contribution in [3.8, 4) is 0 Å². The van der Waals surface area contributed by atoms with Gasteiger partial charge in [0.25, 0.3) is 0 Å². The lowest BCUT2D eigenvalue weighted by molar-refractivity contribution is 0.324. The van der Waals surface area contributed by atoms with Crippen LogP contribution in [0.15, 0.2) is 0 Å². The second kappa shape index (κ2) is 5.11. The lowest BCUT2D eigenvalue weighted by Crippen LogP contribution is -2.14. The molecule has 0 spiro atoms. The van der Waals surface area contributed by atoms with E-state index in [1.165, 1.54) is 12.8 Å². The van der Waals surface area contributed by atoms with Crippen LogP contribution in [0.25, 0.3) is 0 Å². The average Bonchev–Trinajstić information content (AvgIpc) is 1.97. The monoisotopic (exact) mass is 190 g/mol. The van der Waals surface area contributed by atoms with Crippen molar-refractivity contribution in [2.24, 2.45) is 11.3 Å². The lowest BCUT2D eigenvalue weighted by Gasteiger charge is -2.22. The summed E-state index contributed by atoms with van der Waals surface area (Å²) in [4.78, 5) is 0. The van der Waals surface area contributed by atoms with E-state index in [1.807, 2.05) is 0 Å². The SMILES string of the molecule is CCC(Cl)C(C)CCC(C)(C)C. The highest BCUT2D eigenvalue weighted by Crippen LogP contribution is 2.27. The van der Waals surface area contributed by atoms with Crippen LogP contribution in [0.2, 0.25) is 0 Å². The summed E-state index contributed by atoms with van der Waals surface area (Å²) >= 11 is 6.14. The van der Waals surface area contributed by atoms with Crippen molar-refractivity contribution in [2.45, 2.75) is 59.3 Å². The average molecular weight is 191 g/mol. The Bertz CT molecular complexity index is 113. The molecule has 0 aromatic carbocycles. The van der Waals surface area contributed by atoms with Gasteiger partial charge in [-0.15, -0.1) is 11.6 Å². The van der Waals surface area contributed by atoms with Gasteiger partial charge < -0.3 is 0 Å². The van der Waals surface area contributed by atoms with Crippen LogP contribution in [0.4, 0.5) is 0 Å². The Kier molecular flexibility index (Phi) is 5.24. The molecule has 0 saturated heterocycles. The first-order valence-corrected chi connectivity index (χ1v) is 5.44. The van der Waals surface area contributed by atoms with E-state index in [4.69, 9.17) is 11.6 Å². The molecule has 0 nitrogen and oxygen atoms in total. The maximum Gasteiger partial charge on any atom is 0.0359 e. The zero-order chi connectivity index (χ0) is 9.78. The smallest absolute Gasteiger partial charge is 0.0359 e. The van der Waals surface area contributed by atoms with Crippen LogP contribution in [0.1, 0.15) is 53.9 Å². The molecule has 0 radical (unpaired) electrons. The van der Waals surface area contributed by atoms with E-state index in [0.29, 0.717) is 16.7 Å². The maximum absolute atomic E-state index is 6.14. The van der Waals surface area contributed by atoms with Crippen LogP contribution in [-0.4, -0.2) is 5.38 Å². The molecule has 0 heterocycles. The van der Waals surface area contributed by atoms with Crippen LogP contribution in [0.5, 0.6) is 0 Å².